The SMILES string of the molecule is Cc1cccc(C(CC(=O)N[C@H]2CC[C@H](N)CC2)c2cn(C(C)C3CCCCC3)c3ccccc23)c1.Cl. The summed E-state index contributed by atoms with van der Waals surface area (Å²) in [6.45, 7) is 4.54. The van der Waals surface area contributed by atoms with Crippen LogP contribution in [0.4, 0.5) is 0 Å². The zero-order valence-electron chi connectivity index (χ0n) is 22.5. The van der Waals surface area contributed by atoms with Gasteiger partial charge in [-0.25, -0.2) is 0 Å². The van der Waals surface area contributed by atoms with Crippen molar-refractivity contribution in [3.05, 3.63) is 71.4 Å². The second-order valence-corrected chi connectivity index (χ2v) is 11.5. The summed E-state index contributed by atoms with van der Waals surface area (Å²) in [6, 6.07) is 18.5. The van der Waals surface area contributed by atoms with Crippen molar-refractivity contribution in [2.24, 2.45) is 11.7 Å². The van der Waals surface area contributed by atoms with Gasteiger partial charge in [-0.2, -0.15) is 0 Å². The average molecular weight is 522 g/mol. The lowest BCUT2D eigenvalue weighted by molar-refractivity contribution is -0.122. The number of hydrogen-bond donors (Lipinski definition) is 2. The molecule has 0 bridgehead atoms. The van der Waals surface area contributed by atoms with E-state index in [1.165, 1.54) is 59.7 Å². The Hall–Kier alpha value is -2.30. The lowest BCUT2D eigenvalue weighted by Gasteiger charge is -2.29. The number of halogens is 1. The molecule has 1 amide bonds. The van der Waals surface area contributed by atoms with E-state index in [-0.39, 0.29) is 36.3 Å². The minimum Gasteiger partial charge on any atom is -0.353 e. The Balaban J connectivity index is 0.00000320. The second kappa shape index (κ2) is 12.5. The number of carbonyl (C=O) groups is 1. The molecule has 0 radical (unpaired) electrons. The fraction of sp³-hybridized carbons (Fsp3) is 0.531. The van der Waals surface area contributed by atoms with Crippen LogP contribution in [0.2, 0.25) is 0 Å². The summed E-state index contributed by atoms with van der Waals surface area (Å²) in [5.41, 5.74) is 11.1. The molecule has 2 aliphatic carbocycles. The third-order valence-corrected chi connectivity index (χ3v) is 8.89. The second-order valence-electron chi connectivity index (χ2n) is 11.5. The molecule has 5 rings (SSSR count). The highest BCUT2D eigenvalue weighted by Gasteiger charge is 2.28. The first kappa shape index (κ1) is 27.7. The van der Waals surface area contributed by atoms with Gasteiger partial charge in [0, 0.05) is 47.6 Å². The molecule has 2 atom stereocenters. The van der Waals surface area contributed by atoms with Crippen molar-refractivity contribution >= 4 is 29.2 Å². The number of nitrogens with one attached hydrogen (secondary N) is 1. The number of benzene rings is 2. The monoisotopic (exact) mass is 521 g/mol. The van der Waals surface area contributed by atoms with Gasteiger partial charge >= 0.3 is 0 Å². The number of aryl methyl sites for hydroxylation is 1. The van der Waals surface area contributed by atoms with Gasteiger partial charge in [-0.1, -0.05) is 67.3 Å². The predicted molar refractivity (Wildman–Crippen MR) is 156 cm³/mol. The largest absolute Gasteiger partial charge is 0.353 e. The Kier molecular flexibility index (Phi) is 9.36. The molecular weight excluding hydrogens is 478 g/mol. The fourth-order valence-electron chi connectivity index (χ4n) is 6.72. The number of nitrogens with two attached hydrogens (primary N) is 1. The number of carbonyl (C=O) groups excluding carboxylic acids is 1. The summed E-state index contributed by atoms with van der Waals surface area (Å²) in [7, 11) is 0. The topological polar surface area (TPSA) is 60.1 Å². The number of amides is 1. The van der Waals surface area contributed by atoms with Gasteiger partial charge in [0.25, 0.3) is 0 Å². The number of nitrogens with zero attached hydrogens (tertiary/aromatic N) is 1. The number of rotatable bonds is 7. The summed E-state index contributed by atoms with van der Waals surface area (Å²) in [4.78, 5) is 13.4. The Morgan fingerprint density at radius 1 is 1.00 bits per heavy atom. The van der Waals surface area contributed by atoms with Crippen LogP contribution in [0, 0.1) is 12.8 Å². The first-order valence-corrected chi connectivity index (χ1v) is 14.2. The van der Waals surface area contributed by atoms with E-state index in [0.717, 1.165) is 31.6 Å². The first-order chi connectivity index (χ1) is 17.5. The summed E-state index contributed by atoms with van der Waals surface area (Å²) >= 11 is 0. The number of aromatic nitrogens is 1. The normalized spacial score (nSPS) is 22.2. The maximum atomic E-state index is 13.4. The van der Waals surface area contributed by atoms with E-state index >= 15 is 0 Å². The van der Waals surface area contributed by atoms with Crippen molar-refractivity contribution in [2.45, 2.75) is 102 Å². The summed E-state index contributed by atoms with van der Waals surface area (Å²) in [5, 5.41) is 4.63. The maximum Gasteiger partial charge on any atom is 0.221 e. The van der Waals surface area contributed by atoms with Gasteiger partial charge < -0.3 is 15.6 Å². The van der Waals surface area contributed by atoms with Crippen molar-refractivity contribution < 1.29 is 4.79 Å². The number of fused-ring (bicyclic) bond motifs is 1. The predicted octanol–water partition coefficient (Wildman–Crippen LogP) is 7.42. The molecule has 0 aliphatic heterocycles. The molecule has 0 spiro atoms. The standard InChI is InChI=1S/C32H43N3O.ClH/c1-22-9-8-12-25(19-22)29(20-32(36)34-27-17-15-26(33)16-18-27)30-21-35(31-14-7-6-13-28(30)31)23(2)24-10-4-3-5-11-24;/h6-9,12-14,19,21,23-24,26-27,29H,3-5,10-11,15-18,20,33H2,1-2H3,(H,34,36);1H/t23?,26-,27-,29?;. The van der Waals surface area contributed by atoms with Crippen molar-refractivity contribution in [1.82, 2.24) is 9.88 Å². The molecule has 2 saturated carbocycles. The molecule has 3 aromatic rings. The van der Waals surface area contributed by atoms with E-state index < -0.39 is 0 Å². The summed E-state index contributed by atoms with van der Waals surface area (Å²) in [6.07, 6.45) is 13.5. The molecular formula is C32H44ClN3O. The van der Waals surface area contributed by atoms with Crippen LogP contribution in [-0.2, 0) is 4.79 Å². The van der Waals surface area contributed by atoms with Crippen LogP contribution in [-0.4, -0.2) is 22.6 Å². The molecule has 1 heterocycles. The van der Waals surface area contributed by atoms with Gasteiger partial charge in [-0.15, -0.1) is 12.4 Å². The summed E-state index contributed by atoms with van der Waals surface area (Å²) in [5.74, 6) is 0.903. The van der Waals surface area contributed by atoms with Gasteiger partial charge in [0.1, 0.15) is 0 Å². The fourth-order valence-corrected chi connectivity index (χ4v) is 6.72. The third kappa shape index (κ3) is 6.41. The van der Waals surface area contributed by atoms with Crippen molar-refractivity contribution in [3.8, 4) is 0 Å². The molecule has 5 heteroatoms. The van der Waals surface area contributed by atoms with Crippen LogP contribution in [0.25, 0.3) is 10.9 Å². The average Bonchev–Trinajstić information content (AvgIpc) is 3.28. The Morgan fingerprint density at radius 3 is 2.46 bits per heavy atom. The van der Waals surface area contributed by atoms with Crippen LogP contribution >= 0.6 is 12.4 Å². The van der Waals surface area contributed by atoms with Crippen LogP contribution < -0.4 is 11.1 Å². The zero-order valence-corrected chi connectivity index (χ0v) is 23.3. The molecule has 200 valence electrons. The van der Waals surface area contributed by atoms with Gasteiger partial charge in [0.05, 0.1) is 0 Å². The van der Waals surface area contributed by atoms with Gasteiger partial charge in [0.2, 0.25) is 5.91 Å². The third-order valence-electron chi connectivity index (χ3n) is 8.89. The quantitative estimate of drug-likeness (QED) is 0.340. The van der Waals surface area contributed by atoms with Gasteiger partial charge in [-0.3, -0.25) is 4.79 Å². The lowest BCUT2D eigenvalue weighted by atomic mass is 9.84. The van der Waals surface area contributed by atoms with Crippen LogP contribution in [0.1, 0.15) is 99.8 Å². The molecule has 2 unspecified atom stereocenters. The molecule has 4 nitrogen and oxygen atoms in total. The van der Waals surface area contributed by atoms with E-state index in [1.54, 1.807) is 0 Å². The molecule has 37 heavy (non-hydrogen) atoms. The maximum absolute atomic E-state index is 13.4. The van der Waals surface area contributed by atoms with Crippen LogP contribution in [0.15, 0.2) is 54.7 Å². The van der Waals surface area contributed by atoms with Crippen molar-refractivity contribution in [2.75, 3.05) is 0 Å². The number of hydrogen-bond acceptors (Lipinski definition) is 2. The Bertz CT molecular complexity index is 1170. The minimum absolute atomic E-state index is 0. The summed E-state index contributed by atoms with van der Waals surface area (Å²) < 4.78 is 2.52. The van der Waals surface area contributed by atoms with Crippen LogP contribution in [0.3, 0.4) is 0 Å². The highest BCUT2D eigenvalue weighted by atomic mass is 35.5. The van der Waals surface area contributed by atoms with Crippen LogP contribution in [0.5, 0.6) is 0 Å². The van der Waals surface area contributed by atoms with Crippen molar-refractivity contribution in [1.29, 1.82) is 0 Å². The van der Waals surface area contributed by atoms with E-state index in [9.17, 15) is 4.79 Å². The lowest BCUT2D eigenvalue weighted by Crippen LogP contribution is -2.40. The molecule has 3 N–H and O–H groups in total. The van der Waals surface area contributed by atoms with Gasteiger partial charge in [0.15, 0.2) is 0 Å². The van der Waals surface area contributed by atoms with Gasteiger partial charge in [-0.05, 0) is 75.5 Å². The van der Waals surface area contributed by atoms with E-state index in [2.05, 4.69) is 78.5 Å². The molecule has 0 saturated heterocycles. The minimum atomic E-state index is 0. The molecule has 2 fully saturated rings. The Morgan fingerprint density at radius 2 is 1.73 bits per heavy atom. The van der Waals surface area contributed by atoms with E-state index in [0.29, 0.717) is 12.5 Å². The van der Waals surface area contributed by atoms with Crippen molar-refractivity contribution in [3.63, 3.8) is 0 Å². The highest BCUT2D eigenvalue weighted by Crippen LogP contribution is 2.40. The van der Waals surface area contributed by atoms with E-state index in [1.807, 2.05) is 0 Å². The smallest absolute Gasteiger partial charge is 0.221 e. The Labute approximate surface area is 228 Å². The molecule has 2 aliphatic rings. The first-order valence-electron chi connectivity index (χ1n) is 14.2. The van der Waals surface area contributed by atoms with E-state index in [4.69, 9.17) is 5.73 Å². The molecule has 1 aromatic heterocycles. The molecule has 2 aromatic carbocycles. The highest BCUT2D eigenvalue weighted by molar-refractivity contribution is 5.87. The zero-order chi connectivity index (χ0) is 25.1. The number of para-hydroxylation sites is 1.